The molecule has 0 saturated heterocycles. The van der Waals surface area contributed by atoms with Crippen molar-refractivity contribution in [2.75, 3.05) is 24.7 Å². The number of amides is 1. The van der Waals surface area contributed by atoms with Gasteiger partial charge in [0.2, 0.25) is 0 Å². The predicted octanol–water partition coefficient (Wildman–Crippen LogP) is 4.00. The Labute approximate surface area is 154 Å². The maximum Gasteiger partial charge on any atom is 0.258 e. The second-order valence-electron chi connectivity index (χ2n) is 5.76. The van der Waals surface area contributed by atoms with Crippen LogP contribution in [0.3, 0.4) is 0 Å². The highest BCUT2D eigenvalue weighted by Crippen LogP contribution is 2.38. The molecule has 0 N–H and O–H groups in total. The number of hydrogen-bond donors (Lipinski definition) is 0. The number of nitrogens with zero attached hydrogens (tertiary/aromatic N) is 1. The summed E-state index contributed by atoms with van der Waals surface area (Å²) < 4.78 is 11.2. The van der Waals surface area contributed by atoms with Crippen LogP contribution in [-0.2, 0) is 4.79 Å². The van der Waals surface area contributed by atoms with Crippen LogP contribution in [0, 0.1) is 12.3 Å². The second kappa shape index (κ2) is 7.79. The third-order valence-corrected chi connectivity index (χ3v) is 4.17. The fourth-order valence-electron chi connectivity index (χ4n) is 3.05. The molecule has 0 unspecified atom stereocenters. The highest BCUT2D eigenvalue weighted by molar-refractivity contribution is 6.35. The average Bonchev–Trinajstić information content (AvgIpc) is 2.92. The molecule has 0 bridgehead atoms. The van der Waals surface area contributed by atoms with Crippen LogP contribution in [-0.4, -0.2) is 25.7 Å². The van der Waals surface area contributed by atoms with Crippen molar-refractivity contribution in [3.05, 3.63) is 53.6 Å². The summed E-state index contributed by atoms with van der Waals surface area (Å²) in [5, 5.41) is 0. The molecule has 0 spiro atoms. The first kappa shape index (κ1) is 17.6. The number of ether oxygens (including phenoxy) is 2. The van der Waals surface area contributed by atoms with Crippen LogP contribution in [0.4, 0.5) is 5.69 Å². The third kappa shape index (κ3) is 3.29. The van der Waals surface area contributed by atoms with E-state index < -0.39 is 0 Å². The number of carbonyl (C=O) groups excluding carboxylic acids is 1. The highest BCUT2D eigenvalue weighted by Gasteiger charge is 2.30. The number of carbonyl (C=O) groups is 1. The Balaban J connectivity index is 2.01. The van der Waals surface area contributed by atoms with Crippen LogP contribution in [0.5, 0.6) is 11.5 Å². The number of hydrogen-bond acceptors (Lipinski definition) is 3. The summed E-state index contributed by atoms with van der Waals surface area (Å²) in [6, 6.07) is 13.4. The summed E-state index contributed by atoms with van der Waals surface area (Å²) in [6.07, 6.45) is 7.15. The van der Waals surface area contributed by atoms with Crippen molar-refractivity contribution >= 4 is 23.2 Å². The van der Waals surface area contributed by atoms with Gasteiger partial charge in [-0.25, -0.2) is 0 Å². The van der Waals surface area contributed by atoms with E-state index in [2.05, 4.69) is 5.92 Å². The molecule has 0 aromatic heterocycles. The van der Waals surface area contributed by atoms with Crippen LogP contribution in [0.15, 0.2) is 42.5 Å². The zero-order chi connectivity index (χ0) is 18.5. The monoisotopic (exact) mass is 347 g/mol. The molecule has 132 valence electrons. The summed E-state index contributed by atoms with van der Waals surface area (Å²) in [7, 11) is 0. The molecular formula is C22H21NO3. The SMILES string of the molecule is C#CCOc1ccc(/C=C2\C(=O)N(CC)c3ccccc32)cc1OCC. The molecule has 1 aliphatic heterocycles. The standard InChI is InChI=1S/C22H21NO3/c1-4-13-26-20-12-11-16(15-21(20)25-6-3)14-18-17-9-7-8-10-19(17)23(5-2)22(18)24/h1,7-12,14-15H,5-6,13H2,2-3H3/b18-14-. The van der Waals surface area contributed by atoms with Crippen LogP contribution in [0.2, 0.25) is 0 Å². The summed E-state index contributed by atoms with van der Waals surface area (Å²) >= 11 is 0. The summed E-state index contributed by atoms with van der Waals surface area (Å²) in [5.41, 5.74) is 3.45. The molecule has 1 amide bonds. The van der Waals surface area contributed by atoms with Gasteiger partial charge in [0, 0.05) is 17.7 Å². The minimum absolute atomic E-state index is 0.0133. The number of rotatable bonds is 6. The van der Waals surface area contributed by atoms with Crippen molar-refractivity contribution in [1.82, 2.24) is 0 Å². The Morgan fingerprint density at radius 2 is 1.92 bits per heavy atom. The van der Waals surface area contributed by atoms with Crippen LogP contribution in [0.25, 0.3) is 11.6 Å². The molecule has 4 heteroatoms. The molecule has 0 atom stereocenters. The molecule has 1 heterocycles. The van der Waals surface area contributed by atoms with Gasteiger partial charge in [-0.05, 0) is 43.7 Å². The first-order chi connectivity index (χ1) is 12.7. The van der Waals surface area contributed by atoms with Crippen molar-refractivity contribution < 1.29 is 14.3 Å². The largest absolute Gasteiger partial charge is 0.490 e. The van der Waals surface area contributed by atoms with Crippen molar-refractivity contribution in [2.45, 2.75) is 13.8 Å². The number of anilines is 1. The van der Waals surface area contributed by atoms with Crippen molar-refractivity contribution in [2.24, 2.45) is 0 Å². The Hall–Kier alpha value is -3.19. The third-order valence-electron chi connectivity index (χ3n) is 4.17. The first-order valence-electron chi connectivity index (χ1n) is 8.65. The molecule has 1 aliphatic rings. The summed E-state index contributed by atoms with van der Waals surface area (Å²) in [6.45, 7) is 5.21. The van der Waals surface area contributed by atoms with Gasteiger partial charge in [-0.1, -0.05) is 30.2 Å². The highest BCUT2D eigenvalue weighted by atomic mass is 16.5. The van der Waals surface area contributed by atoms with Gasteiger partial charge in [0.05, 0.1) is 12.3 Å². The Bertz CT molecular complexity index is 893. The van der Waals surface area contributed by atoms with Gasteiger partial charge in [0.1, 0.15) is 6.61 Å². The fraction of sp³-hybridized carbons (Fsp3) is 0.227. The van der Waals surface area contributed by atoms with E-state index in [-0.39, 0.29) is 12.5 Å². The van der Waals surface area contributed by atoms with E-state index in [1.165, 1.54) is 0 Å². The molecule has 2 aromatic carbocycles. The van der Waals surface area contributed by atoms with E-state index in [1.807, 2.05) is 62.4 Å². The lowest BCUT2D eigenvalue weighted by Gasteiger charge is -2.13. The molecule has 4 nitrogen and oxygen atoms in total. The number of terminal acetylenes is 1. The number of fused-ring (bicyclic) bond motifs is 1. The van der Waals surface area contributed by atoms with Crippen molar-refractivity contribution in [1.29, 1.82) is 0 Å². The predicted molar refractivity (Wildman–Crippen MR) is 104 cm³/mol. The second-order valence-corrected chi connectivity index (χ2v) is 5.76. The molecule has 0 saturated carbocycles. The molecule has 3 rings (SSSR count). The van der Waals surface area contributed by atoms with Gasteiger partial charge >= 0.3 is 0 Å². The first-order valence-corrected chi connectivity index (χ1v) is 8.65. The van der Waals surface area contributed by atoms with E-state index in [0.29, 0.717) is 30.2 Å². The molecule has 0 fully saturated rings. The van der Waals surface area contributed by atoms with E-state index in [4.69, 9.17) is 15.9 Å². The molecular weight excluding hydrogens is 326 g/mol. The zero-order valence-corrected chi connectivity index (χ0v) is 15.0. The van der Waals surface area contributed by atoms with Crippen LogP contribution in [0.1, 0.15) is 25.0 Å². The molecule has 2 aromatic rings. The lowest BCUT2D eigenvalue weighted by Crippen LogP contribution is -2.25. The smallest absolute Gasteiger partial charge is 0.258 e. The Kier molecular flexibility index (Phi) is 5.28. The number of benzene rings is 2. The van der Waals surface area contributed by atoms with Gasteiger partial charge in [-0.3, -0.25) is 4.79 Å². The van der Waals surface area contributed by atoms with Crippen LogP contribution < -0.4 is 14.4 Å². The normalized spacial score (nSPS) is 14.3. The fourth-order valence-corrected chi connectivity index (χ4v) is 3.05. The topological polar surface area (TPSA) is 38.8 Å². The number of likely N-dealkylation sites (N-methyl/N-ethyl adjacent to an activating group) is 1. The Morgan fingerprint density at radius 1 is 1.12 bits per heavy atom. The van der Waals surface area contributed by atoms with E-state index in [9.17, 15) is 4.79 Å². The number of para-hydroxylation sites is 1. The van der Waals surface area contributed by atoms with Gasteiger partial charge in [0.15, 0.2) is 11.5 Å². The van der Waals surface area contributed by atoms with Crippen molar-refractivity contribution in [3.63, 3.8) is 0 Å². The zero-order valence-electron chi connectivity index (χ0n) is 15.0. The van der Waals surface area contributed by atoms with E-state index in [1.54, 1.807) is 4.90 Å². The minimum atomic E-state index is 0.0133. The van der Waals surface area contributed by atoms with E-state index in [0.717, 1.165) is 16.8 Å². The average molecular weight is 347 g/mol. The van der Waals surface area contributed by atoms with Gasteiger partial charge in [-0.2, -0.15) is 0 Å². The maximum absolute atomic E-state index is 12.8. The lowest BCUT2D eigenvalue weighted by atomic mass is 10.0. The van der Waals surface area contributed by atoms with Gasteiger partial charge < -0.3 is 14.4 Å². The Morgan fingerprint density at radius 3 is 2.65 bits per heavy atom. The summed E-state index contributed by atoms with van der Waals surface area (Å²) in [5.74, 6) is 3.67. The quantitative estimate of drug-likeness (QED) is 0.585. The van der Waals surface area contributed by atoms with Crippen molar-refractivity contribution in [3.8, 4) is 23.8 Å². The minimum Gasteiger partial charge on any atom is -0.490 e. The molecule has 0 radical (unpaired) electrons. The molecule has 0 aliphatic carbocycles. The lowest BCUT2D eigenvalue weighted by molar-refractivity contribution is -0.112. The van der Waals surface area contributed by atoms with Gasteiger partial charge in [0.25, 0.3) is 5.91 Å². The van der Waals surface area contributed by atoms with E-state index >= 15 is 0 Å². The molecule has 26 heavy (non-hydrogen) atoms. The summed E-state index contributed by atoms with van der Waals surface area (Å²) in [4.78, 5) is 14.6. The van der Waals surface area contributed by atoms with Gasteiger partial charge in [-0.15, -0.1) is 6.42 Å². The maximum atomic E-state index is 12.8. The van der Waals surface area contributed by atoms with Crippen LogP contribution >= 0.6 is 0 Å².